The highest BCUT2D eigenvalue weighted by molar-refractivity contribution is 7.89. The molecule has 8 heteroatoms. The van der Waals surface area contributed by atoms with E-state index < -0.39 is 10.0 Å². The summed E-state index contributed by atoms with van der Waals surface area (Å²) in [7, 11) is -2.08. The molecule has 7 nitrogen and oxygen atoms in total. The lowest BCUT2D eigenvalue weighted by Gasteiger charge is -2.10. The molecule has 0 aliphatic heterocycles. The molecule has 0 aliphatic carbocycles. The Labute approximate surface area is 182 Å². The van der Waals surface area contributed by atoms with Crippen molar-refractivity contribution in [3.05, 3.63) is 90.0 Å². The number of rotatable bonds is 10. The Hall–Kier alpha value is -3.20. The maximum atomic E-state index is 12.5. The molecule has 1 amide bonds. The maximum Gasteiger partial charge on any atom is 0.251 e. The fourth-order valence-electron chi connectivity index (χ4n) is 2.76. The van der Waals surface area contributed by atoms with Crippen molar-refractivity contribution in [2.75, 3.05) is 20.3 Å². The Morgan fingerprint density at radius 3 is 2.32 bits per heavy atom. The zero-order valence-electron chi connectivity index (χ0n) is 17.1. The maximum absolute atomic E-state index is 12.5. The lowest BCUT2D eigenvalue weighted by molar-refractivity contribution is 0.0950. The van der Waals surface area contributed by atoms with Crippen LogP contribution in [0.3, 0.4) is 0 Å². The number of carbonyl (C=O) groups excluding carboxylic acids is 1. The van der Waals surface area contributed by atoms with Gasteiger partial charge in [0.25, 0.3) is 5.91 Å². The molecule has 0 spiro atoms. The molecule has 0 bridgehead atoms. The number of nitrogens with one attached hydrogen (secondary N) is 2. The molecule has 0 saturated heterocycles. The van der Waals surface area contributed by atoms with Gasteiger partial charge in [0.1, 0.15) is 11.5 Å². The summed E-state index contributed by atoms with van der Waals surface area (Å²) in [5.41, 5.74) is 1.25. The minimum atomic E-state index is -3.59. The van der Waals surface area contributed by atoms with Crippen molar-refractivity contribution < 1.29 is 22.7 Å². The normalized spacial score (nSPS) is 11.1. The Bertz CT molecular complexity index is 1100. The molecule has 0 aliphatic rings. The summed E-state index contributed by atoms with van der Waals surface area (Å²) in [6.07, 6.45) is 0. The van der Waals surface area contributed by atoms with E-state index in [9.17, 15) is 13.2 Å². The highest BCUT2D eigenvalue weighted by Crippen LogP contribution is 2.21. The molecule has 0 radical (unpaired) electrons. The van der Waals surface area contributed by atoms with Crippen molar-refractivity contribution in [1.29, 1.82) is 0 Å². The molecule has 3 aromatic rings. The summed E-state index contributed by atoms with van der Waals surface area (Å²) in [6, 6.07) is 22.6. The standard InChI is InChI=1S/C23H24N2O5S/c1-29-15-14-25-31(27,28)22-12-10-18(11-13-22)17-24-23(26)19-6-5-9-21(16-19)30-20-7-3-2-4-8-20/h2-13,16,25H,14-15,17H2,1H3,(H,24,26). The topological polar surface area (TPSA) is 93.7 Å². The number of ether oxygens (including phenoxy) is 2. The Kier molecular flexibility index (Phi) is 7.77. The first-order valence-electron chi connectivity index (χ1n) is 9.66. The van der Waals surface area contributed by atoms with Gasteiger partial charge in [-0.15, -0.1) is 0 Å². The molecule has 0 fully saturated rings. The van der Waals surface area contributed by atoms with Gasteiger partial charge in [-0.2, -0.15) is 0 Å². The van der Waals surface area contributed by atoms with Gasteiger partial charge in [0, 0.05) is 25.8 Å². The fourth-order valence-corrected chi connectivity index (χ4v) is 3.77. The Morgan fingerprint density at radius 1 is 0.903 bits per heavy atom. The molecular weight excluding hydrogens is 416 g/mol. The molecule has 3 rings (SSSR count). The molecule has 162 valence electrons. The number of benzene rings is 3. The van der Waals surface area contributed by atoms with Gasteiger partial charge in [-0.3, -0.25) is 4.79 Å². The molecule has 0 heterocycles. The molecule has 2 N–H and O–H groups in total. The largest absolute Gasteiger partial charge is 0.457 e. The Balaban J connectivity index is 1.57. The molecule has 0 aromatic heterocycles. The zero-order chi connectivity index (χ0) is 22.1. The third-order valence-corrected chi connectivity index (χ3v) is 5.84. The quantitative estimate of drug-likeness (QED) is 0.472. The van der Waals surface area contributed by atoms with E-state index in [-0.39, 0.29) is 23.9 Å². The molecular formula is C23H24N2O5S. The van der Waals surface area contributed by atoms with E-state index in [2.05, 4.69) is 10.0 Å². The highest BCUT2D eigenvalue weighted by atomic mass is 32.2. The first-order chi connectivity index (χ1) is 15.0. The van der Waals surface area contributed by atoms with Gasteiger partial charge >= 0.3 is 0 Å². The second kappa shape index (κ2) is 10.7. The van der Waals surface area contributed by atoms with Crippen LogP contribution in [0, 0.1) is 0 Å². The smallest absolute Gasteiger partial charge is 0.251 e. The summed E-state index contributed by atoms with van der Waals surface area (Å²) in [6.45, 7) is 0.755. The predicted octanol–water partition coefficient (Wildman–Crippen LogP) is 3.33. The van der Waals surface area contributed by atoms with Gasteiger partial charge in [0.15, 0.2) is 0 Å². The van der Waals surface area contributed by atoms with Crippen LogP contribution in [0.15, 0.2) is 83.8 Å². The van der Waals surface area contributed by atoms with E-state index in [0.717, 1.165) is 5.56 Å². The summed E-state index contributed by atoms with van der Waals surface area (Å²) in [4.78, 5) is 12.7. The van der Waals surface area contributed by atoms with Gasteiger partial charge in [0.2, 0.25) is 10.0 Å². The molecule has 0 atom stereocenters. The lowest BCUT2D eigenvalue weighted by Crippen LogP contribution is -2.27. The molecule has 0 saturated carbocycles. The second-order valence-electron chi connectivity index (χ2n) is 6.66. The van der Waals surface area contributed by atoms with Crippen molar-refractivity contribution in [2.24, 2.45) is 0 Å². The van der Waals surface area contributed by atoms with Crippen LogP contribution in [0.25, 0.3) is 0 Å². The number of methoxy groups -OCH3 is 1. The molecule has 3 aromatic carbocycles. The summed E-state index contributed by atoms with van der Waals surface area (Å²) in [5.74, 6) is 0.998. The van der Waals surface area contributed by atoms with E-state index in [1.165, 1.54) is 19.2 Å². The second-order valence-corrected chi connectivity index (χ2v) is 8.43. The van der Waals surface area contributed by atoms with Crippen LogP contribution in [0.5, 0.6) is 11.5 Å². The minimum absolute atomic E-state index is 0.157. The third kappa shape index (κ3) is 6.65. The first-order valence-corrected chi connectivity index (χ1v) is 11.1. The molecule has 0 unspecified atom stereocenters. The van der Waals surface area contributed by atoms with Crippen molar-refractivity contribution in [3.63, 3.8) is 0 Å². The number of hydrogen-bond donors (Lipinski definition) is 2. The summed E-state index contributed by atoms with van der Waals surface area (Å²) < 4.78 is 37.4. The highest BCUT2D eigenvalue weighted by Gasteiger charge is 2.13. The predicted molar refractivity (Wildman–Crippen MR) is 118 cm³/mol. The monoisotopic (exact) mass is 440 g/mol. The van der Waals surface area contributed by atoms with E-state index in [0.29, 0.717) is 23.7 Å². The van der Waals surface area contributed by atoms with Gasteiger partial charge in [-0.05, 0) is 48.0 Å². The number of carbonyl (C=O) groups is 1. The van der Waals surface area contributed by atoms with Gasteiger partial charge in [-0.25, -0.2) is 13.1 Å². The van der Waals surface area contributed by atoms with E-state index in [1.54, 1.807) is 36.4 Å². The number of sulfonamides is 1. The van der Waals surface area contributed by atoms with Crippen molar-refractivity contribution in [1.82, 2.24) is 10.0 Å². The van der Waals surface area contributed by atoms with Gasteiger partial charge < -0.3 is 14.8 Å². The van der Waals surface area contributed by atoms with Gasteiger partial charge in [-0.1, -0.05) is 36.4 Å². The SMILES string of the molecule is COCCNS(=O)(=O)c1ccc(CNC(=O)c2cccc(Oc3ccccc3)c2)cc1. The summed E-state index contributed by atoms with van der Waals surface area (Å²) >= 11 is 0. The van der Waals surface area contributed by atoms with Crippen LogP contribution in [0.2, 0.25) is 0 Å². The number of para-hydroxylation sites is 1. The first kappa shape index (κ1) is 22.5. The zero-order valence-corrected chi connectivity index (χ0v) is 17.9. The average Bonchev–Trinajstić information content (AvgIpc) is 2.79. The average molecular weight is 441 g/mol. The Morgan fingerprint density at radius 2 is 1.61 bits per heavy atom. The number of amides is 1. The van der Waals surface area contributed by atoms with Crippen molar-refractivity contribution in [3.8, 4) is 11.5 Å². The van der Waals surface area contributed by atoms with Gasteiger partial charge in [0.05, 0.1) is 11.5 Å². The lowest BCUT2D eigenvalue weighted by atomic mass is 10.2. The third-order valence-electron chi connectivity index (χ3n) is 4.36. The van der Waals surface area contributed by atoms with E-state index in [1.807, 2.05) is 30.3 Å². The van der Waals surface area contributed by atoms with Crippen LogP contribution in [0.1, 0.15) is 15.9 Å². The van der Waals surface area contributed by atoms with Crippen LogP contribution in [-0.2, 0) is 21.3 Å². The van der Waals surface area contributed by atoms with Crippen LogP contribution < -0.4 is 14.8 Å². The summed E-state index contributed by atoms with van der Waals surface area (Å²) in [5, 5.41) is 2.83. The van der Waals surface area contributed by atoms with Crippen LogP contribution >= 0.6 is 0 Å². The van der Waals surface area contributed by atoms with Crippen molar-refractivity contribution >= 4 is 15.9 Å². The van der Waals surface area contributed by atoms with Crippen LogP contribution in [0.4, 0.5) is 0 Å². The molecule has 31 heavy (non-hydrogen) atoms. The van der Waals surface area contributed by atoms with Crippen LogP contribution in [-0.4, -0.2) is 34.6 Å². The number of hydrogen-bond acceptors (Lipinski definition) is 5. The van der Waals surface area contributed by atoms with E-state index in [4.69, 9.17) is 9.47 Å². The van der Waals surface area contributed by atoms with E-state index >= 15 is 0 Å². The minimum Gasteiger partial charge on any atom is -0.457 e. The fraction of sp³-hybridized carbons (Fsp3) is 0.174. The van der Waals surface area contributed by atoms with Crippen molar-refractivity contribution in [2.45, 2.75) is 11.4 Å².